The first-order chi connectivity index (χ1) is 24.5. The van der Waals surface area contributed by atoms with Gasteiger partial charge in [0.25, 0.3) is 0 Å². The van der Waals surface area contributed by atoms with Crippen molar-refractivity contribution in [3.63, 3.8) is 0 Å². The third-order valence-electron chi connectivity index (χ3n) is 10.1. The van der Waals surface area contributed by atoms with Gasteiger partial charge >= 0.3 is 21.1 Å². The molecule has 7 rings (SSSR count). The Hall–Kier alpha value is -4.47. The van der Waals surface area contributed by atoms with Gasteiger partial charge in [-0.2, -0.15) is 11.2 Å². The molecule has 6 heteroatoms. The first-order valence-corrected chi connectivity index (χ1v) is 18.4. The average Bonchev–Trinajstić information content (AvgIpc) is 3.58. The topological polar surface area (TPSA) is 44.9 Å². The summed E-state index contributed by atoms with van der Waals surface area (Å²) in [5, 5.41) is 7.49. The zero-order chi connectivity index (χ0) is 37.3. The van der Waals surface area contributed by atoms with E-state index in [9.17, 15) is 0 Å². The Bertz CT molecular complexity index is 2460. The smallest absolute Gasteiger partial charge is 0.509 e. The van der Waals surface area contributed by atoms with Gasteiger partial charge in [-0.1, -0.05) is 96.8 Å². The van der Waals surface area contributed by atoms with Crippen LogP contribution in [0.3, 0.4) is 0 Å². The van der Waals surface area contributed by atoms with Gasteiger partial charge in [-0.25, -0.2) is 4.98 Å². The van der Waals surface area contributed by atoms with Crippen molar-refractivity contribution in [2.45, 2.75) is 99.8 Å². The molecule has 0 aliphatic heterocycles. The number of hydrogen-bond donors (Lipinski definition) is 0. The molecule has 0 aliphatic rings. The van der Waals surface area contributed by atoms with Crippen molar-refractivity contribution < 1.29 is 25.8 Å². The molecule has 274 valence electrons. The summed E-state index contributed by atoms with van der Waals surface area (Å²) in [7, 11) is 0. The Morgan fingerprint density at radius 2 is 1.42 bits per heavy atom. The number of fused-ring (bicyclic) bond motifs is 3. The number of aryl methyl sites for hydroxylation is 4. The van der Waals surface area contributed by atoms with Crippen LogP contribution in [-0.4, -0.2) is 19.3 Å². The van der Waals surface area contributed by atoms with Gasteiger partial charge in [0.1, 0.15) is 5.82 Å². The molecule has 3 aromatic heterocycles. The van der Waals surface area contributed by atoms with Crippen molar-refractivity contribution in [1.82, 2.24) is 19.3 Å². The molecule has 0 radical (unpaired) electrons. The molecule has 0 atom stereocenters. The van der Waals surface area contributed by atoms with Crippen LogP contribution >= 0.6 is 0 Å². The minimum atomic E-state index is -0.208. The quantitative estimate of drug-likeness (QED) is 0.156. The van der Waals surface area contributed by atoms with Crippen LogP contribution < -0.4 is 4.74 Å². The van der Waals surface area contributed by atoms with E-state index in [1.54, 1.807) is 0 Å². The van der Waals surface area contributed by atoms with Crippen molar-refractivity contribution >= 4 is 21.8 Å². The molecule has 0 bridgehead atoms. The second-order valence-electron chi connectivity index (χ2n) is 16.8. The average molecular weight is 882 g/mol. The van der Waals surface area contributed by atoms with Gasteiger partial charge in [0.2, 0.25) is 0 Å². The summed E-state index contributed by atoms with van der Waals surface area (Å²) in [5.41, 5.74) is 13.3. The molecular formula is C47H50N4OPt. The minimum absolute atomic E-state index is 0. The van der Waals surface area contributed by atoms with E-state index in [1.807, 2.05) is 12.3 Å². The number of pyridine rings is 1. The molecule has 5 nitrogen and oxygen atoms in total. The van der Waals surface area contributed by atoms with E-state index in [2.05, 4.69) is 171 Å². The molecule has 3 heterocycles. The Morgan fingerprint density at radius 1 is 0.717 bits per heavy atom. The predicted molar refractivity (Wildman–Crippen MR) is 216 cm³/mol. The summed E-state index contributed by atoms with van der Waals surface area (Å²) >= 11 is 0. The van der Waals surface area contributed by atoms with E-state index in [1.165, 1.54) is 33.4 Å². The second-order valence-corrected chi connectivity index (χ2v) is 16.8. The zero-order valence-corrected chi connectivity index (χ0v) is 35.4. The molecule has 7 aromatic rings. The molecular weight excluding hydrogens is 832 g/mol. The third kappa shape index (κ3) is 7.13. The molecule has 0 saturated carbocycles. The molecule has 0 aliphatic carbocycles. The van der Waals surface area contributed by atoms with Gasteiger partial charge < -0.3 is 9.30 Å². The molecule has 0 N–H and O–H groups in total. The van der Waals surface area contributed by atoms with Gasteiger partial charge in [-0.15, -0.1) is 41.3 Å². The van der Waals surface area contributed by atoms with Crippen LogP contribution in [0.1, 0.15) is 101 Å². The van der Waals surface area contributed by atoms with Crippen molar-refractivity contribution in [2.24, 2.45) is 0 Å². The molecule has 53 heavy (non-hydrogen) atoms. The van der Waals surface area contributed by atoms with E-state index in [4.69, 9.17) is 14.8 Å². The van der Waals surface area contributed by atoms with E-state index >= 15 is 0 Å². The zero-order valence-electron chi connectivity index (χ0n) is 33.1. The Balaban J connectivity index is 0.00000481. The second kappa shape index (κ2) is 14.1. The van der Waals surface area contributed by atoms with Gasteiger partial charge in [0, 0.05) is 34.2 Å². The van der Waals surface area contributed by atoms with Crippen molar-refractivity contribution in [3.05, 3.63) is 130 Å². The summed E-state index contributed by atoms with van der Waals surface area (Å²) < 4.78 is 11.0. The van der Waals surface area contributed by atoms with Gasteiger partial charge in [-0.3, -0.25) is 4.68 Å². The number of aromatic nitrogens is 4. The standard InChI is InChI=1S/C47H50N4O.Pt/c1-28(2)33-19-20-48-42(23-33)50-40-16-14-13-15-38(40)39-18-17-36(27-41(39)50)52-37-25-34(46(7,8)9)24-35(26-37)51-45(47(10,11)12)44(32(6)49-51)43-30(4)21-29(3)22-31(43)5;/h13-25,28H,1-12H3;/q-2;+2. The van der Waals surface area contributed by atoms with Crippen LogP contribution in [0.25, 0.3) is 44.4 Å². The molecule has 0 saturated heterocycles. The number of para-hydroxylation sites is 1. The monoisotopic (exact) mass is 881 g/mol. The maximum Gasteiger partial charge on any atom is 2.00 e. The number of benzene rings is 4. The fourth-order valence-corrected chi connectivity index (χ4v) is 7.60. The van der Waals surface area contributed by atoms with E-state index in [-0.39, 0.29) is 31.9 Å². The fraction of sp³-hybridized carbons (Fsp3) is 0.319. The van der Waals surface area contributed by atoms with E-state index < -0.39 is 0 Å². The van der Waals surface area contributed by atoms with Gasteiger partial charge in [-0.05, 0) is 90.6 Å². The van der Waals surface area contributed by atoms with Gasteiger partial charge in [0.15, 0.2) is 0 Å². The molecule has 0 amide bonds. The van der Waals surface area contributed by atoms with Crippen molar-refractivity contribution in [1.29, 1.82) is 0 Å². The maximum atomic E-state index is 6.75. The SMILES string of the molecule is Cc1cc(C)c(-c2c(C)nn(-c3[c-]c(Oc4[c-]c5c(cc4)c4ccccc4n5-c4cc(C(C)C)ccn4)cc(C(C)(C)C)c3)c2C(C)(C)C)c(C)c1.[Pt+2]. The summed E-state index contributed by atoms with van der Waals surface area (Å²) in [6.45, 7) is 26.6. The first kappa shape index (κ1) is 38.3. The normalized spacial score (nSPS) is 12.2. The first-order valence-electron chi connectivity index (χ1n) is 18.4. The Labute approximate surface area is 329 Å². The van der Waals surface area contributed by atoms with E-state index in [0.29, 0.717) is 17.4 Å². The van der Waals surface area contributed by atoms with Crippen LogP contribution in [0.4, 0.5) is 0 Å². The largest absolute Gasteiger partial charge is 2.00 e. The molecule has 0 fully saturated rings. The van der Waals surface area contributed by atoms with Crippen molar-refractivity contribution in [2.75, 3.05) is 0 Å². The molecule has 0 spiro atoms. The summed E-state index contributed by atoms with van der Waals surface area (Å²) in [4.78, 5) is 4.82. The van der Waals surface area contributed by atoms with Crippen LogP contribution in [0, 0.1) is 39.8 Å². The minimum Gasteiger partial charge on any atom is -0.509 e. The maximum absolute atomic E-state index is 6.75. The third-order valence-corrected chi connectivity index (χ3v) is 10.1. The Morgan fingerprint density at radius 3 is 2.08 bits per heavy atom. The summed E-state index contributed by atoms with van der Waals surface area (Å²) in [6, 6.07) is 33.0. The summed E-state index contributed by atoms with van der Waals surface area (Å²) in [6.07, 6.45) is 1.90. The van der Waals surface area contributed by atoms with Crippen LogP contribution in [0.2, 0.25) is 0 Å². The van der Waals surface area contributed by atoms with Crippen LogP contribution in [0.5, 0.6) is 11.5 Å². The van der Waals surface area contributed by atoms with Crippen molar-refractivity contribution in [3.8, 4) is 34.1 Å². The fourth-order valence-electron chi connectivity index (χ4n) is 7.60. The number of nitrogens with zero attached hydrogens (tertiary/aromatic N) is 4. The van der Waals surface area contributed by atoms with Crippen LogP contribution in [-0.2, 0) is 31.9 Å². The van der Waals surface area contributed by atoms with E-state index in [0.717, 1.165) is 50.3 Å². The van der Waals surface area contributed by atoms with Crippen LogP contribution in [0.15, 0.2) is 79.0 Å². The number of hydrogen-bond acceptors (Lipinski definition) is 3. The van der Waals surface area contributed by atoms with Gasteiger partial charge in [0.05, 0.1) is 11.4 Å². The predicted octanol–water partition coefficient (Wildman–Crippen LogP) is 12.4. The Kier molecular flexibility index (Phi) is 10.2. The number of ether oxygens (including phenoxy) is 1. The summed E-state index contributed by atoms with van der Waals surface area (Å²) in [5.74, 6) is 2.49. The number of rotatable bonds is 6. The molecule has 4 aromatic carbocycles. The molecule has 0 unspecified atom stereocenters.